The molecule has 2 bridgehead atoms. The molecule has 1 saturated heterocycles. The summed E-state index contributed by atoms with van der Waals surface area (Å²) in [7, 11) is 5.00. The summed E-state index contributed by atoms with van der Waals surface area (Å²) in [6.07, 6.45) is 2.47. The van der Waals surface area contributed by atoms with Crippen LogP contribution in [-0.2, 0) is 17.6 Å². The molecule has 36 heavy (non-hydrogen) atoms. The van der Waals surface area contributed by atoms with Gasteiger partial charge >= 0.3 is 0 Å². The number of carbonyl (C=O) groups excluding carboxylic acids is 1. The van der Waals surface area contributed by atoms with Gasteiger partial charge in [0.2, 0.25) is 5.91 Å². The lowest BCUT2D eigenvalue weighted by atomic mass is 9.74. The van der Waals surface area contributed by atoms with Crippen LogP contribution in [0.1, 0.15) is 71.3 Å². The fourth-order valence-corrected chi connectivity index (χ4v) is 6.25. The Morgan fingerprint density at radius 1 is 1.00 bits per heavy atom. The molecule has 0 unspecified atom stereocenters. The minimum atomic E-state index is -0.441. The van der Waals surface area contributed by atoms with Gasteiger partial charge in [0.25, 0.3) is 0 Å². The van der Waals surface area contributed by atoms with E-state index in [0.717, 1.165) is 56.2 Å². The van der Waals surface area contributed by atoms with Gasteiger partial charge < -0.3 is 24.2 Å². The highest BCUT2D eigenvalue weighted by Gasteiger charge is 2.52. The van der Waals surface area contributed by atoms with Crippen molar-refractivity contribution in [3.63, 3.8) is 0 Å². The van der Waals surface area contributed by atoms with E-state index in [1.54, 1.807) is 21.3 Å². The van der Waals surface area contributed by atoms with E-state index in [-0.39, 0.29) is 30.6 Å². The Kier molecular flexibility index (Phi) is 7.53. The number of benzene rings is 2. The number of hydrogen-bond acceptors (Lipinski definition) is 6. The first kappa shape index (κ1) is 26.3. The third-order valence-corrected chi connectivity index (χ3v) is 7.85. The fourth-order valence-electron chi connectivity index (χ4n) is 6.25. The zero-order valence-corrected chi connectivity index (χ0v) is 22.8. The molecular formula is C29H40N2O5. The van der Waals surface area contributed by atoms with Crippen LogP contribution < -0.4 is 19.5 Å². The Morgan fingerprint density at radius 3 is 2.25 bits per heavy atom. The second-order valence-corrected chi connectivity index (χ2v) is 10.1. The first-order chi connectivity index (χ1) is 17.3. The van der Waals surface area contributed by atoms with Gasteiger partial charge in [-0.1, -0.05) is 26.3 Å². The molecular weight excluding hydrogens is 456 g/mol. The van der Waals surface area contributed by atoms with E-state index in [1.165, 1.54) is 6.42 Å². The van der Waals surface area contributed by atoms with Gasteiger partial charge in [0, 0.05) is 23.1 Å². The number of methoxy groups -OCH3 is 3. The normalized spacial score (nSPS) is 23.6. The highest BCUT2D eigenvalue weighted by molar-refractivity contribution is 5.86. The maximum absolute atomic E-state index is 13.8. The molecule has 3 aliphatic heterocycles. The topological polar surface area (TPSA) is 80.3 Å². The van der Waals surface area contributed by atoms with Crippen LogP contribution in [0.4, 0.5) is 0 Å². The number of nitrogens with one attached hydrogen (secondary N) is 1. The van der Waals surface area contributed by atoms with Crippen molar-refractivity contribution in [1.29, 1.82) is 0 Å². The van der Waals surface area contributed by atoms with E-state index >= 15 is 0 Å². The summed E-state index contributed by atoms with van der Waals surface area (Å²) in [6, 6.07) is 3.23. The molecule has 0 radical (unpaired) electrons. The fraction of sp³-hybridized carbons (Fsp3) is 0.552. The Labute approximate surface area is 214 Å². The number of aliphatic hydroxyl groups is 1. The van der Waals surface area contributed by atoms with Crippen LogP contribution in [0.5, 0.6) is 17.2 Å². The zero-order valence-electron chi connectivity index (χ0n) is 22.8. The van der Waals surface area contributed by atoms with E-state index < -0.39 is 6.04 Å². The summed E-state index contributed by atoms with van der Waals surface area (Å²) in [6.45, 7) is 10.2. The molecule has 2 N–H and O–H groups in total. The van der Waals surface area contributed by atoms with Crippen LogP contribution in [0, 0.1) is 20.8 Å². The number of hydrogen-bond donors (Lipinski definition) is 2. The van der Waals surface area contributed by atoms with Gasteiger partial charge in [-0.3, -0.25) is 10.1 Å². The average Bonchev–Trinajstić information content (AvgIpc) is 2.87. The number of piperazine rings is 1. The van der Waals surface area contributed by atoms with Crippen molar-refractivity contribution in [2.45, 2.75) is 78.0 Å². The molecule has 7 heteroatoms. The zero-order chi connectivity index (χ0) is 26.3. The van der Waals surface area contributed by atoms with E-state index in [4.69, 9.17) is 14.2 Å². The van der Waals surface area contributed by atoms with Gasteiger partial charge in [-0.25, -0.2) is 0 Å². The van der Waals surface area contributed by atoms with Crippen molar-refractivity contribution < 1.29 is 24.1 Å². The maximum atomic E-state index is 13.8. The number of aliphatic hydroxyl groups excluding tert-OH is 1. The molecule has 3 heterocycles. The number of fused-ring (bicyclic) bond motifs is 7. The van der Waals surface area contributed by atoms with Crippen LogP contribution in [-0.4, -0.2) is 55.9 Å². The van der Waals surface area contributed by atoms with Crippen molar-refractivity contribution >= 4 is 5.91 Å². The van der Waals surface area contributed by atoms with E-state index in [2.05, 4.69) is 38.2 Å². The van der Waals surface area contributed by atoms with Gasteiger partial charge in [0.05, 0.1) is 52.1 Å². The lowest BCUT2D eigenvalue weighted by Gasteiger charge is -2.54. The molecule has 0 aromatic heterocycles. The van der Waals surface area contributed by atoms with E-state index in [0.29, 0.717) is 12.8 Å². The van der Waals surface area contributed by atoms with Crippen LogP contribution in [0.15, 0.2) is 12.1 Å². The molecule has 2 aromatic rings. The summed E-state index contributed by atoms with van der Waals surface area (Å²) in [5.41, 5.74) is 7.37. The molecule has 7 nitrogen and oxygen atoms in total. The summed E-state index contributed by atoms with van der Waals surface area (Å²) in [4.78, 5) is 15.7. The Balaban J connectivity index is 0.000000967. The van der Waals surface area contributed by atoms with Crippen molar-refractivity contribution in [2.75, 3.05) is 27.9 Å². The Bertz CT molecular complexity index is 1160. The summed E-state index contributed by atoms with van der Waals surface area (Å²) in [5.74, 6) is 2.36. The van der Waals surface area contributed by atoms with Crippen LogP contribution in [0.2, 0.25) is 0 Å². The molecule has 196 valence electrons. The monoisotopic (exact) mass is 496 g/mol. The van der Waals surface area contributed by atoms with Gasteiger partial charge in [0.1, 0.15) is 17.2 Å². The number of rotatable bonds is 4. The Hall–Kier alpha value is -2.77. The first-order valence-corrected chi connectivity index (χ1v) is 12.9. The third kappa shape index (κ3) is 3.93. The molecule has 1 fully saturated rings. The highest BCUT2D eigenvalue weighted by atomic mass is 16.5. The van der Waals surface area contributed by atoms with Gasteiger partial charge in [-0.15, -0.1) is 0 Å². The maximum Gasteiger partial charge on any atom is 0.240 e. The molecule has 1 amide bonds. The lowest BCUT2D eigenvalue weighted by molar-refractivity contribution is -0.147. The van der Waals surface area contributed by atoms with Crippen molar-refractivity contribution in [3.05, 3.63) is 51.1 Å². The number of ether oxygens (including phenoxy) is 3. The summed E-state index contributed by atoms with van der Waals surface area (Å²) < 4.78 is 17.2. The van der Waals surface area contributed by atoms with Crippen LogP contribution >= 0.6 is 0 Å². The Morgan fingerprint density at radius 2 is 1.67 bits per heavy atom. The molecule has 5 rings (SSSR count). The van der Waals surface area contributed by atoms with Crippen molar-refractivity contribution in [3.8, 4) is 17.2 Å². The average molecular weight is 497 g/mol. The SMILES string of the molecule is CCC.COc1cc2c(c(OC)c1C)C[C@@H]1N[C@H]2[C@@H]2Cc3cc(C)c(C)c(OC)c3[C@H](CO)N2C1=O. The standard InChI is InChI=1S/C26H32N2O5.C3H8/c1-12-7-15-8-19-23-16-10-21(31-4)14(3)24(32-5)17(16)9-18(27-23)26(30)28(19)20(11-29)22(15)25(33-6)13(12)2;1-3-2/h7,10,18-20,23,27,29H,8-9,11H2,1-6H3;3H2,1-2H3/t18-,19-,20-,23+;/m0./s1. The molecule has 0 aliphatic carbocycles. The van der Waals surface area contributed by atoms with Crippen LogP contribution in [0.25, 0.3) is 0 Å². The second kappa shape index (κ2) is 10.3. The molecule has 4 atom stereocenters. The summed E-state index contributed by atoms with van der Waals surface area (Å²) >= 11 is 0. The predicted molar refractivity (Wildman–Crippen MR) is 140 cm³/mol. The molecule has 0 saturated carbocycles. The van der Waals surface area contributed by atoms with Gasteiger partial charge in [-0.2, -0.15) is 0 Å². The highest BCUT2D eigenvalue weighted by Crippen LogP contribution is 2.50. The number of carbonyl (C=O) groups is 1. The minimum absolute atomic E-state index is 0.0161. The molecule has 3 aliphatic rings. The van der Waals surface area contributed by atoms with Crippen LogP contribution in [0.3, 0.4) is 0 Å². The quantitative estimate of drug-likeness (QED) is 0.663. The molecule has 2 aromatic carbocycles. The smallest absolute Gasteiger partial charge is 0.240 e. The number of nitrogens with zero attached hydrogens (tertiary/aromatic N) is 1. The van der Waals surface area contributed by atoms with E-state index in [1.807, 2.05) is 18.7 Å². The minimum Gasteiger partial charge on any atom is -0.496 e. The first-order valence-electron chi connectivity index (χ1n) is 12.9. The number of amides is 1. The van der Waals surface area contributed by atoms with Gasteiger partial charge in [0.15, 0.2) is 0 Å². The van der Waals surface area contributed by atoms with Crippen molar-refractivity contribution in [2.24, 2.45) is 0 Å². The van der Waals surface area contributed by atoms with Crippen molar-refractivity contribution in [1.82, 2.24) is 10.2 Å². The number of aryl methyl sites for hydroxylation is 1. The second-order valence-electron chi connectivity index (χ2n) is 10.1. The van der Waals surface area contributed by atoms with E-state index in [9.17, 15) is 9.90 Å². The lowest BCUT2D eigenvalue weighted by Crippen LogP contribution is -2.66. The summed E-state index contributed by atoms with van der Waals surface area (Å²) in [5, 5.41) is 14.1. The largest absolute Gasteiger partial charge is 0.496 e. The predicted octanol–water partition coefficient (Wildman–Crippen LogP) is 4.11. The van der Waals surface area contributed by atoms with Gasteiger partial charge in [-0.05, 0) is 55.5 Å². The third-order valence-electron chi connectivity index (χ3n) is 7.85. The molecule has 0 spiro atoms.